The summed E-state index contributed by atoms with van der Waals surface area (Å²) in [5, 5.41) is 2.76. The summed E-state index contributed by atoms with van der Waals surface area (Å²) < 4.78 is 24.3. The molecule has 23 heavy (non-hydrogen) atoms. The predicted molar refractivity (Wildman–Crippen MR) is 84.4 cm³/mol. The standard InChI is InChI=1S/C17H24FNO4/c1-5-22-17(21)16(19-4)14-9-8-13(10-15(14)18)7-6-11(2)23-12(3)20/h8-11,16,19H,5-7H2,1-4H3. The maximum absolute atomic E-state index is 14.3. The van der Waals surface area contributed by atoms with Crippen molar-refractivity contribution in [2.45, 2.75) is 45.8 Å². The smallest absolute Gasteiger partial charge is 0.327 e. The van der Waals surface area contributed by atoms with Gasteiger partial charge < -0.3 is 14.8 Å². The van der Waals surface area contributed by atoms with Gasteiger partial charge in [0.1, 0.15) is 11.9 Å². The molecule has 0 heterocycles. The highest BCUT2D eigenvalue weighted by molar-refractivity contribution is 5.77. The fraction of sp³-hybridized carbons (Fsp3) is 0.529. The van der Waals surface area contributed by atoms with Crippen LogP contribution in [0.15, 0.2) is 18.2 Å². The third-order valence-corrected chi connectivity index (χ3v) is 3.39. The molecule has 0 saturated carbocycles. The third kappa shape index (κ3) is 5.98. The lowest BCUT2D eigenvalue weighted by molar-refractivity contribution is -0.146. The lowest BCUT2D eigenvalue weighted by Crippen LogP contribution is -2.28. The zero-order chi connectivity index (χ0) is 17.4. The van der Waals surface area contributed by atoms with Crippen LogP contribution in [-0.4, -0.2) is 31.7 Å². The highest BCUT2D eigenvalue weighted by Crippen LogP contribution is 2.21. The van der Waals surface area contributed by atoms with E-state index in [1.807, 2.05) is 0 Å². The van der Waals surface area contributed by atoms with E-state index >= 15 is 0 Å². The van der Waals surface area contributed by atoms with Gasteiger partial charge in [-0.1, -0.05) is 12.1 Å². The van der Waals surface area contributed by atoms with Gasteiger partial charge >= 0.3 is 11.9 Å². The molecule has 0 amide bonds. The molecule has 0 bridgehead atoms. The molecule has 2 atom stereocenters. The lowest BCUT2D eigenvalue weighted by atomic mass is 10.0. The molecule has 0 fully saturated rings. The highest BCUT2D eigenvalue weighted by Gasteiger charge is 2.23. The number of halogens is 1. The average Bonchev–Trinajstić information content (AvgIpc) is 2.47. The quantitative estimate of drug-likeness (QED) is 0.744. The zero-order valence-electron chi connectivity index (χ0n) is 14.0. The summed E-state index contributed by atoms with van der Waals surface area (Å²) >= 11 is 0. The van der Waals surface area contributed by atoms with Gasteiger partial charge in [0.2, 0.25) is 0 Å². The molecule has 128 valence electrons. The summed E-state index contributed by atoms with van der Waals surface area (Å²) in [6, 6.07) is 3.92. The molecule has 0 aromatic heterocycles. The summed E-state index contributed by atoms with van der Waals surface area (Å²) in [7, 11) is 1.58. The van der Waals surface area contributed by atoms with Crippen molar-refractivity contribution in [3.8, 4) is 0 Å². The number of rotatable bonds is 8. The van der Waals surface area contributed by atoms with E-state index in [-0.39, 0.29) is 24.2 Å². The van der Waals surface area contributed by atoms with Gasteiger partial charge in [-0.2, -0.15) is 0 Å². The van der Waals surface area contributed by atoms with Crippen LogP contribution in [0.25, 0.3) is 0 Å². The Labute approximate surface area is 136 Å². The molecule has 0 aliphatic carbocycles. The summed E-state index contributed by atoms with van der Waals surface area (Å²) in [6.45, 7) is 5.10. The summed E-state index contributed by atoms with van der Waals surface area (Å²) in [5.74, 6) is -1.30. The Hall–Kier alpha value is -1.95. The fourth-order valence-corrected chi connectivity index (χ4v) is 2.30. The first kappa shape index (κ1) is 19.1. The van der Waals surface area contributed by atoms with Crippen molar-refractivity contribution in [2.24, 2.45) is 0 Å². The predicted octanol–water partition coefficient (Wildman–Crippen LogP) is 2.53. The van der Waals surface area contributed by atoms with E-state index in [1.165, 1.54) is 13.0 Å². The number of ether oxygens (including phenoxy) is 2. The third-order valence-electron chi connectivity index (χ3n) is 3.39. The Morgan fingerprint density at radius 2 is 2.04 bits per heavy atom. The molecule has 0 radical (unpaired) electrons. The van der Waals surface area contributed by atoms with E-state index in [4.69, 9.17) is 9.47 Å². The van der Waals surface area contributed by atoms with Gasteiger partial charge in [0, 0.05) is 12.5 Å². The highest BCUT2D eigenvalue weighted by atomic mass is 19.1. The van der Waals surface area contributed by atoms with Crippen LogP contribution < -0.4 is 5.32 Å². The van der Waals surface area contributed by atoms with Crippen LogP contribution >= 0.6 is 0 Å². The van der Waals surface area contributed by atoms with Crippen molar-refractivity contribution in [3.63, 3.8) is 0 Å². The Bertz CT molecular complexity index is 547. The van der Waals surface area contributed by atoms with Gasteiger partial charge in [0.15, 0.2) is 0 Å². The van der Waals surface area contributed by atoms with E-state index < -0.39 is 17.8 Å². The van der Waals surface area contributed by atoms with Crippen LogP contribution in [0.3, 0.4) is 0 Å². The molecule has 2 unspecified atom stereocenters. The second-order valence-corrected chi connectivity index (χ2v) is 5.29. The van der Waals surface area contributed by atoms with E-state index in [2.05, 4.69) is 5.32 Å². The normalized spacial score (nSPS) is 13.3. The number of esters is 2. The first-order valence-corrected chi connectivity index (χ1v) is 7.68. The summed E-state index contributed by atoms with van der Waals surface area (Å²) in [4.78, 5) is 22.7. The van der Waals surface area contributed by atoms with Crippen molar-refractivity contribution in [1.82, 2.24) is 5.32 Å². The Kier molecular flexibility index (Phi) is 7.68. The maximum Gasteiger partial charge on any atom is 0.327 e. The number of carbonyl (C=O) groups is 2. The zero-order valence-corrected chi connectivity index (χ0v) is 14.0. The number of hydrogen-bond acceptors (Lipinski definition) is 5. The molecule has 1 aromatic rings. The minimum Gasteiger partial charge on any atom is -0.465 e. The molecular weight excluding hydrogens is 301 g/mol. The van der Waals surface area contributed by atoms with Crippen LogP contribution in [-0.2, 0) is 25.5 Å². The van der Waals surface area contributed by atoms with Crippen LogP contribution in [0.1, 0.15) is 44.4 Å². The SMILES string of the molecule is CCOC(=O)C(NC)c1ccc(CCC(C)OC(C)=O)cc1F. The second kappa shape index (κ2) is 9.25. The van der Waals surface area contributed by atoms with Crippen molar-refractivity contribution in [2.75, 3.05) is 13.7 Å². The monoisotopic (exact) mass is 325 g/mol. The molecule has 0 aliphatic rings. The Morgan fingerprint density at radius 1 is 1.35 bits per heavy atom. The van der Waals surface area contributed by atoms with Gasteiger partial charge in [-0.05, 0) is 45.4 Å². The molecule has 0 spiro atoms. The molecule has 1 N–H and O–H groups in total. The van der Waals surface area contributed by atoms with Crippen molar-refractivity contribution < 1.29 is 23.5 Å². The molecular formula is C17H24FNO4. The van der Waals surface area contributed by atoms with Gasteiger partial charge in [-0.25, -0.2) is 9.18 Å². The molecule has 0 aliphatic heterocycles. The number of carbonyl (C=O) groups excluding carboxylic acids is 2. The number of likely N-dealkylation sites (N-methyl/N-ethyl adjacent to an activating group) is 1. The Balaban J connectivity index is 2.77. The largest absolute Gasteiger partial charge is 0.465 e. The van der Waals surface area contributed by atoms with E-state index in [0.717, 1.165) is 5.56 Å². The average molecular weight is 325 g/mol. The van der Waals surface area contributed by atoms with Gasteiger partial charge in [0.25, 0.3) is 0 Å². The van der Waals surface area contributed by atoms with E-state index in [1.54, 1.807) is 33.0 Å². The van der Waals surface area contributed by atoms with Crippen molar-refractivity contribution in [1.29, 1.82) is 0 Å². The van der Waals surface area contributed by atoms with E-state index in [9.17, 15) is 14.0 Å². The van der Waals surface area contributed by atoms with Crippen LogP contribution in [0, 0.1) is 5.82 Å². The molecule has 0 saturated heterocycles. The van der Waals surface area contributed by atoms with Crippen molar-refractivity contribution in [3.05, 3.63) is 35.1 Å². The van der Waals surface area contributed by atoms with Gasteiger partial charge in [-0.15, -0.1) is 0 Å². The fourth-order valence-electron chi connectivity index (χ4n) is 2.30. The van der Waals surface area contributed by atoms with Crippen LogP contribution in [0.4, 0.5) is 4.39 Å². The Morgan fingerprint density at radius 3 is 2.57 bits per heavy atom. The lowest BCUT2D eigenvalue weighted by Gasteiger charge is -2.17. The minimum absolute atomic E-state index is 0.222. The minimum atomic E-state index is -0.830. The van der Waals surface area contributed by atoms with Crippen LogP contribution in [0.2, 0.25) is 0 Å². The first-order valence-electron chi connectivity index (χ1n) is 7.68. The maximum atomic E-state index is 14.3. The number of benzene rings is 1. The molecule has 5 nitrogen and oxygen atoms in total. The van der Waals surface area contributed by atoms with Gasteiger partial charge in [-0.3, -0.25) is 4.79 Å². The number of hydrogen-bond donors (Lipinski definition) is 1. The molecule has 1 aromatic carbocycles. The van der Waals surface area contributed by atoms with Crippen molar-refractivity contribution >= 4 is 11.9 Å². The number of nitrogens with one attached hydrogen (secondary N) is 1. The topological polar surface area (TPSA) is 64.6 Å². The van der Waals surface area contributed by atoms with Gasteiger partial charge in [0.05, 0.1) is 12.7 Å². The second-order valence-electron chi connectivity index (χ2n) is 5.29. The first-order chi connectivity index (χ1) is 10.9. The number of aryl methyl sites for hydroxylation is 1. The summed E-state index contributed by atoms with van der Waals surface area (Å²) in [6.07, 6.45) is 0.959. The molecule has 1 rings (SSSR count). The van der Waals surface area contributed by atoms with Crippen LogP contribution in [0.5, 0.6) is 0 Å². The van der Waals surface area contributed by atoms with E-state index in [0.29, 0.717) is 12.8 Å². The summed E-state index contributed by atoms with van der Waals surface area (Å²) in [5.41, 5.74) is 1.03. The molecule has 6 heteroatoms.